The van der Waals surface area contributed by atoms with Gasteiger partial charge < -0.3 is 0 Å². The molecule has 1 N–H and O–H groups in total. The van der Waals surface area contributed by atoms with Crippen LogP contribution in [0.2, 0.25) is 0 Å². The molecule has 0 saturated carbocycles. The number of H-pyrrole nitrogens is 1. The number of hydrogen-bond acceptors (Lipinski definition) is 3. The van der Waals surface area contributed by atoms with E-state index in [9.17, 15) is 8.42 Å². The molecule has 0 radical (unpaired) electrons. The van der Waals surface area contributed by atoms with E-state index in [0.29, 0.717) is 23.9 Å². The first kappa shape index (κ1) is 14.3. The minimum absolute atomic E-state index is 0.345. The van der Waals surface area contributed by atoms with Crippen molar-refractivity contribution in [2.45, 2.75) is 24.2 Å². The molecule has 1 fully saturated rings. The molecule has 5 nitrogen and oxygen atoms in total. The Hall–Kier alpha value is -1.66. The minimum Gasteiger partial charge on any atom is -0.283 e. The highest BCUT2D eigenvalue weighted by molar-refractivity contribution is 7.89. The number of sulfonamides is 1. The highest BCUT2D eigenvalue weighted by Gasteiger charge is 2.30. The molecule has 6 heteroatoms. The van der Waals surface area contributed by atoms with Gasteiger partial charge in [-0.2, -0.15) is 9.40 Å². The highest BCUT2D eigenvalue weighted by Crippen LogP contribution is 2.25. The molecule has 1 aromatic heterocycles. The molecule has 0 unspecified atom stereocenters. The van der Waals surface area contributed by atoms with Crippen molar-refractivity contribution in [3.63, 3.8) is 0 Å². The highest BCUT2D eigenvalue weighted by atomic mass is 32.2. The summed E-state index contributed by atoms with van der Waals surface area (Å²) in [4.78, 5) is 0.382. The first-order valence-electron chi connectivity index (χ1n) is 7.20. The molecule has 2 aromatic rings. The van der Waals surface area contributed by atoms with Gasteiger partial charge in [-0.25, -0.2) is 8.42 Å². The summed E-state index contributed by atoms with van der Waals surface area (Å²) in [7, 11) is -3.37. The molecule has 2 heterocycles. The third-order valence-corrected chi connectivity index (χ3v) is 5.81. The molecule has 0 spiro atoms. The van der Waals surface area contributed by atoms with Crippen molar-refractivity contribution < 1.29 is 8.42 Å². The summed E-state index contributed by atoms with van der Waals surface area (Å²) in [5.41, 5.74) is 1.07. The van der Waals surface area contributed by atoms with Crippen LogP contribution >= 0.6 is 0 Å². The maximum Gasteiger partial charge on any atom is 0.243 e. The molecule has 1 atom stereocenters. The van der Waals surface area contributed by atoms with Gasteiger partial charge in [0, 0.05) is 25.0 Å². The van der Waals surface area contributed by atoms with Crippen molar-refractivity contribution in [2.75, 3.05) is 13.1 Å². The molecule has 1 aliphatic rings. The Kier molecular flexibility index (Phi) is 4.07. The van der Waals surface area contributed by atoms with Crippen LogP contribution in [-0.2, 0) is 16.4 Å². The largest absolute Gasteiger partial charge is 0.283 e. The molecule has 0 bridgehead atoms. The zero-order chi connectivity index (χ0) is 14.7. The van der Waals surface area contributed by atoms with Gasteiger partial charge in [0.15, 0.2) is 0 Å². The van der Waals surface area contributed by atoms with Gasteiger partial charge in [0.1, 0.15) is 0 Å². The molecule has 112 valence electrons. The molecule has 0 amide bonds. The van der Waals surface area contributed by atoms with Crippen LogP contribution in [0.3, 0.4) is 0 Å². The molecular formula is C15H19N3O2S. The van der Waals surface area contributed by atoms with Gasteiger partial charge in [-0.15, -0.1) is 0 Å². The lowest BCUT2D eigenvalue weighted by Crippen LogP contribution is -2.40. The van der Waals surface area contributed by atoms with E-state index in [1.807, 2.05) is 12.1 Å². The molecule has 0 aliphatic carbocycles. The minimum atomic E-state index is -3.37. The zero-order valence-corrected chi connectivity index (χ0v) is 12.6. The van der Waals surface area contributed by atoms with E-state index in [2.05, 4.69) is 10.2 Å². The zero-order valence-electron chi connectivity index (χ0n) is 11.8. The van der Waals surface area contributed by atoms with Crippen LogP contribution in [0, 0.1) is 5.92 Å². The van der Waals surface area contributed by atoms with Crippen LogP contribution in [0.25, 0.3) is 0 Å². The second-order valence-electron chi connectivity index (χ2n) is 5.47. The second-order valence-corrected chi connectivity index (χ2v) is 7.41. The fourth-order valence-electron chi connectivity index (χ4n) is 2.86. The van der Waals surface area contributed by atoms with Gasteiger partial charge in [-0.1, -0.05) is 18.2 Å². The standard InChI is InChI=1S/C15H19N3O2S/c19-21(20,15-6-2-1-3-7-15)18-10-4-5-13(12-18)11-14-8-9-16-17-14/h1-3,6-9,13H,4-5,10-12H2,(H,16,17)/t13-/m0/s1. The molecular weight excluding hydrogens is 286 g/mol. The van der Waals surface area contributed by atoms with E-state index in [-0.39, 0.29) is 0 Å². The summed E-state index contributed by atoms with van der Waals surface area (Å²) in [5, 5.41) is 6.90. The van der Waals surface area contributed by atoms with E-state index >= 15 is 0 Å². The summed E-state index contributed by atoms with van der Waals surface area (Å²) in [6.45, 7) is 1.19. The summed E-state index contributed by atoms with van der Waals surface area (Å²) in [6, 6.07) is 10.6. The predicted octanol–water partition coefficient (Wildman–Crippen LogP) is 2.05. The SMILES string of the molecule is O=S(=O)(c1ccccc1)N1CCC[C@@H](Cc2ccn[nH]2)C1. The van der Waals surface area contributed by atoms with Crippen molar-refractivity contribution in [1.29, 1.82) is 0 Å². The van der Waals surface area contributed by atoms with E-state index in [4.69, 9.17) is 0 Å². The lowest BCUT2D eigenvalue weighted by molar-refractivity contribution is 0.264. The predicted molar refractivity (Wildman–Crippen MR) is 80.2 cm³/mol. The number of piperidine rings is 1. The fraction of sp³-hybridized carbons (Fsp3) is 0.400. The molecule has 1 aromatic carbocycles. The smallest absolute Gasteiger partial charge is 0.243 e. The number of aromatic nitrogens is 2. The number of nitrogens with zero attached hydrogens (tertiary/aromatic N) is 2. The van der Waals surface area contributed by atoms with Crippen molar-refractivity contribution in [1.82, 2.24) is 14.5 Å². The van der Waals surface area contributed by atoms with Crippen molar-refractivity contribution in [3.05, 3.63) is 48.3 Å². The first-order chi connectivity index (χ1) is 10.2. The summed E-state index contributed by atoms with van der Waals surface area (Å²) < 4.78 is 26.9. The molecule has 3 rings (SSSR count). The lowest BCUT2D eigenvalue weighted by atomic mass is 9.95. The first-order valence-corrected chi connectivity index (χ1v) is 8.64. The van der Waals surface area contributed by atoms with Crippen molar-refractivity contribution in [3.8, 4) is 0 Å². The van der Waals surface area contributed by atoms with Crippen LogP contribution in [-0.4, -0.2) is 36.0 Å². The van der Waals surface area contributed by atoms with Crippen molar-refractivity contribution >= 4 is 10.0 Å². The maximum atomic E-state index is 12.6. The van der Waals surface area contributed by atoms with Gasteiger partial charge in [0.25, 0.3) is 0 Å². The van der Waals surface area contributed by atoms with Gasteiger partial charge in [-0.3, -0.25) is 5.10 Å². The third kappa shape index (κ3) is 3.16. The Morgan fingerprint density at radius 1 is 1.24 bits per heavy atom. The Balaban J connectivity index is 1.74. The summed E-state index contributed by atoms with van der Waals surface area (Å²) >= 11 is 0. The normalized spacial score (nSPS) is 20.5. The van der Waals surface area contributed by atoms with E-state index in [0.717, 1.165) is 25.0 Å². The van der Waals surface area contributed by atoms with Gasteiger partial charge >= 0.3 is 0 Å². The Morgan fingerprint density at radius 3 is 2.76 bits per heavy atom. The van der Waals surface area contributed by atoms with E-state index < -0.39 is 10.0 Å². The molecule has 21 heavy (non-hydrogen) atoms. The van der Waals surface area contributed by atoms with Gasteiger partial charge in [0.05, 0.1) is 4.90 Å². The van der Waals surface area contributed by atoms with Crippen LogP contribution in [0.1, 0.15) is 18.5 Å². The monoisotopic (exact) mass is 305 g/mol. The number of nitrogens with one attached hydrogen (secondary N) is 1. The Morgan fingerprint density at radius 2 is 2.05 bits per heavy atom. The van der Waals surface area contributed by atoms with E-state index in [1.54, 1.807) is 34.8 Å². The summed E-state index contributed by atoms with van der Waals surface area (Å²) in [5.74, 6) is 0.345. The summed E-state index contributed by atoms with van der Waals surface area (Å²) in [6.07, 6.45) is 4.54. The van der Waals surface area contributed by atoms with Crippen LogP contribution in [0.15, 0.2) is 47.5 Å². The third-order valence-electron chi connectivity index (χ3n) is 3.93. The number of hydrogen-bond donors (Lipinski definition) is 1. The fourth-order valence-corrected chi connectivity index (χ4v) is 4.44. The Bertz CT molecular complexity index is 668. The molecule has 1 saturated heterocycles. The van der Waals surface area contributed by atoms with Crippen LogP contribution in [0.5, 0.6) is 0 Å². The number of benzene rings is 1. The molecule has 1 aliphatic heterocycles. The lowest BCUT2D eigenvalue weighted by Gasteiger charge is -2.31. The maximum absolute atomic E-state index is 12.6. The average molecular weight is 305 g/mol. The van der Waals surface area contributed by atoms with E-state index in [1.165, 1.54) is 0 Å². The number of aromatic amines is 1. The quantitative estimate of drug-likeness (QED) is 0.940. The topological polar surface area (TPSA) is 66.1 Å². The number of rotatable bonds is 4. The van der Waals surface area contributed by atoms with Crippen LogP contribution in [0.4, 0.5) is 0 Å². The second kappa shape index (κ2) is 5.99. The van der Waals surface area contributed by atoms with Crippen LogP contribution < -0.4 is 0 Å². The average Bonchev–Trinajstić information content (AvgIpc) is 3.01. The van der Waals surface area contributed by atoms with Gasteiger partial charge in [-0.05, 0) is 43.4 Å². The van der Waals surface area contributed by atoms with Crippen molar-refractivity contribution in [2.24, 2.45) is 5.92 Å². The Labute approximate surface area is 125 Å². The van der Waals surface area contributed by atoms with Gasteiger partial charge in [0.2, 0.25) is 10.0 Å².